The van der Waals surface area contributed by atoms with Crippen LogP contribution in [0.5, 0.6) is 0 Å². The Kier molecular flexibility index (Phi) is 2.86. The minimum Gasteiger partial charge on any atom is -0.441 e. The first kappa shape index (κ1) is 10.2. The van der Waals surface area contributed by atoms with Gasteiger partial charge in [-0.05, 0) is 0 Å². The molecule has 0 unspecified atom stereocenters. The number of hydrogen-bond acceptors (Lipinski definition) is 4. The van der Waals surface area contributed by atoms with Crippen LogP contribution in [0.1, 0.15) is 5.76 Å². The van der Waals surface area contributed by atoms with Gasteiger partial charge in [0.25, 0.3) is 0 Å². The van der Waals surface area contributed by atoms with Crippen molar-refractivity contribution in [3.63, 3.8) is 0 Å². The Bertz CT molecular complexity index is 479. The molecule has 0 bridgehead atoms. The monoisotopic (exact) mass is 218 g/mol. The van der Waals surface area contributed by atoms with Crippen LogP contribution in [0.2, 0.25) is 0 Å². The number of hydrogen-bond donors (Lipinski definition) is 1. The fraction of sp³-hybridized carbons (Fsp3) is 0.0909. The van der Waals surface area contributed by atoms with Gasteiger partial charge < -0.3 is 15.0 Å². The summed E-state index contributed by atoms with van der Waals surface area (Å²) in [7, 11) is 0. The molecule has 2 rings (SSSR count). The molecule has 1 aromatic carbocycles. The normalized spacial score (nSPS) is 10.0. The SMILES string of the molecule is NC(=O)OCc1cc(-c2ccccc2)no1. The minimum atomic E-state index is -0.835. The Morgan fingerprint density at radius 3 is 2.81 bits per heavy atom. The Morgan fingerprint density at radius 1 is 1.38 bits per heavy atom. The molecular weight excluding hydrogens is 208 g/mol. The van der Waals surface area contributed by atoms with E-state index in [-0.39, 0.29) is 6.61 Å². The van der Waals surface area contributed by atoms with Gasteiger partial charge in [-0.3, -0.25) is 0 Å². The van der Waals surface area contributed by atoms with Crippen LogP contribution in [-0.4, -0.2) is 11.2 Å². The zero-order valence-corrected chi connectivity index (χ0v) is 8.42. The van der Waals surface area contributed by atoms with E-state index in [9.17, 15) is 4.79 Å². The van der Waals surface area contributed by atoms with E-state index >= 15 is 0 Å². The van der Waals surface area contributed by atoms with Crippen molar-refractivity contribution in [2.45, 2.75) is 6.61 Å². The van der Waals surface area contributed by atoms with Crippen LogP contribution in [0.3, 0.4) is 0 Å². The van der Waals surface area contributed by atoms with Crippen molar-refractivity contribution >= 4 is 6.09 Å². The summed E-state index contributed by atoms with van der Waals surface area (Å²) in [5.74, 6) is 0.456. The van der Waals surface area contributed by atoms with E-state index in [4.69, 9.17) is 10.3 Å². The van der Waals surface area contributed by atoms with Crippen LogP contribution in [-0.2, 0) is 11.3 Å². The predicted molar refractivity (Wildman–Crippen MR) is 56.3 cm³/mol. The molecule has 0 spiro atoms. The summed E-state index contributed by atoms with van der Waals surface area (Å²) in [5.41, 5.74) is 6.47. The van der Waals surface area contributed by atoms with Crippen molar-refractivity contribution in [1.82, 2.24) is 5.16 Å². The smallest absolute Gasteiger partial charge is 0.404 e. The number of nitrogens with two attached hydrogens (primary N) is 1. The first-order chi connectivity index (χ1) is 7.75. The highest BCUT2D eigenvalue weighted by molar-refractivity contribution is 5.64. The maximum absolute atomic E-state index is 10.4. The molecule has 5 heteroatoms. The van der Waals surface area contributed by atoms with E-state index in [0.717, 1.165) is 5.56 Å². The van der Waals surface area contributed by atoms with Crippen LogP contribution in [0.15, 0.2) is 40.9 Å². The van der Waals surface area contributed by atoms with Gasteiger partial charge in [0.15, 0.2) is 12.4 Å². The zero-order chi connectivity index (χ0) is 11.4. The minimum absolute atomic E-state index is 0.00479. The lowest BCUT2D eigenvalue weighted by Crippen LogP contribution is -2.12. The van der Waals surface area contributed by atoms with E-state index < -0.39 is 6.09 Å². The van der Waals surface area contributed by atoms with Gasteiger partial charge in [-0.1, -0.05) is 35.5 Å². The highest BCUT2D eigenvalue weighted by Gasteiger charge is 2.07. The fourth-order valence-electron chi connectivity index (χ4n) is 1.27. The molecule has 0 fully saturated rings. The average Bonchev–Trinajstić information content (AvgIpc) is 2.76. The lowest BCUT2D eigenvalue weighted by atomic mass is 10.1. The van der Waals surface area contributed by atoms with Gasteiger partial charge in [-0.2, -0.15) is 0 Å². The van der Waals surface area contributed by atoms with Gasteiger partial charge in [0.1, 0.15) is 5.69 Å². The number of rotatable bonds is 3. The summed E-state index contributed by atoms with van der Waals surface area (Å²) in [6, 6.07) is 11.3. The summed E-state index contributed by atoms with van der Waals surface area (Å²) >= 11 is 0. The molecule has 82 valence electrons. The summed E-state index contributed by atoms with van der Waals surface area (Å²) in [5, 5.41) is 3.86. The molecule has 2 N–H and O–H groups in total. The van der Waals surface area contributed by atoms with Crippen molar-refractivity contribution < 1.29 is 14.1 Å². The largest absolute Gasteiger partial charge is 0.441 e. The second-order valence-corrected chi connectivity index (χ2v) is 3.15. The molecule has 0 aliphatic heterocycles. The van der Waals surface area contributed by atoms with Crippen molar-refractivity contribution in [2.24, 2.45) is 5.73 Å². The van der Waals surface area contributed by atoms with Crippen molar-refractivity contribution in [3.8, 4) is 11.3 Å². The van der Waals surface area contributed by atoms with E-state index in [1.54, 1.807) is 6.07 Å². The first-order valence-corrected chi connectivity index (χ1v) is 4.69. The quantitative estimate of drug-likeness (QED) is 0.853. The lowest BCUT2D eigenvalue weighted by molar-refractivity contribution is 0.137. The fourth-order valence-corrected chi connectivity index (χ4v) is 1.27. The van der Waals surface area contributed by atoms with Gasteiger partial charge in [0, 0.05) is 11.6 Å². The van der Waals surface area contributed by atoms with Gasteiger partial charge in [0.2, 0.25) is 0 Å². The Morgan fingerprint density at radius 2 is 2.12 bits per heavy atom. The molecule has 0 saturated carbocycles. The molecular formula is C11H10N2O3. The number of amides is 1. The third-order valence-corrected chi connectivity index (χ3v) is 1.99. The molecule has 1 aromatic heterocycles. The maximum Gasteiger partial charge on any atom is 0.404 e. The van der Waals surface area contributed by atoms with Crippen LogP contribution < -0.4 is 5.73 Å². The molecule has 5 nitrogen and oxygen atoms in total. The number of ether oxygens (including phenoxy) is 1. The second-order valence-electron chi connectivity index (χ2n) is 3.15. The Hall–Kier alpha value is -2.30. The predicted octanol–water partition coefficient (Wildman–Crippen LogP) is 1.94. The van der Waals surface area contributed by atoms with Gasteiger partial charge >= 0.3 is 6.09 Å². The molecule has 1 heterocycles. The van der Waals surface area contributed by atoms with Crippen molar-refractivity contribution in [2.75, 3.05) is 0 Å². The van der Waals surface area contributed by atoms with E-state index in [1.165, 1.54) is 0 Å². The van der Waals surface area contributed by atoms with Crippen LogP contribution in [0.4, 0.5) is 4.79 Å². The van der Waals surface area contributed by atoms with Gasteiger partial charge in [0.05, 0.1) is 0 Å². The maximum atomic E-state index is 10.4. The molecule has 0 aliphatic carbocycles. The second kappa shape index (κ2) is 4.48. The van der Waals surface area contributed by atoms with E-state index in [2.05, 4.69) is 9.89 Å². The van der Waals surface area contributed by atoms with Gasteiger partial charge in [-0.25, -0.2) is 4.79 Å². The van der Waals surface area contributed by atoms with Crippen molar-refractivity contribution in [3.05, 3.63) is 42.2 Å². The molecule has 0 saturated heterocycles. The number of nitrogens with zero attached hydrogens (tertiary/aromatic N) is 1. The number of primary amides is 1. The lowest BCUT2D eigenvalue weighted by Gasteiger charge is -1.94. The summed E-state index contributed by atoms with van der Waals surface area (Å²) in [6.45, 7) is -0.00479. The average molecular weight is 218 g/mol. The van der Waals surface area contributed by atoms with E-state index in [0.29, 0.717) is 11.5 Å². The molecule has 1 amide bonds. The van der Waals surface area contributed by atoms with Crippen LogP contribution in [0.25, 0.3) is 11.3 Å². The first-order valence-electron chi connectivity index (χ1n) is 4.69. The number of benzene rings is 1. The third-order valence-electron chi connectivity index (χ3n) is 1.99. The summed E-state index contributed by atoms with van der Waals surface area (Å²) in [4.78, 5) is 10.4. The molecule has 16 heavy (non-hydrogen) atoms. The van der Waals surface area contributed by atoms with Gasteiger partial charge in [-0.15, -0.1) is 0 Å². The number of carbonyl (C=O) groups is 1. The topological polar surface area (TPSA) is 78.4 Å². The molecule has 0 atom stereocenters. The summed E-state index contributed by atoms with van der Waals surface area (Å²) < 4.78 is 9.57. The molecule has 2 aromatic rings. The van der Waals surface area contributed by atoms with E-state index in [1.807, 2.05) is 30.3 Å². The summed E-state index contributed by atoms with van der Waals surface area (Å²) in [6.07, 6.45) is -0.835. The standard InChI is InChI=1S/C11H10N2O3/c12-11(14)15-7-9-6-10(13-16-9)8-4-2-1-3-5-8/h1-6H,7H2,(H2,12,14). The van der Waals surface area contributed by atoms with Crippen LogP contribution in [0, 0.1) is 0 Å². The molecule has 0 aliphatic rings. The molecule has 0 radical (unpaired) electrons. The van der Waals surface area contributed by atoms with Crippen molar-refractivity contribution in [1.29, 1.82) is 0 Å². The Balaban J connectivity index is 2.11. The van der Waals surface area contributed by atoms with Crippen LogP contribution >= 0.6 is 0 Å². The third kappa shape index (κ3) is 2.38. The highest BCUT2D eigenvalue weighted by Crippen LogP contribution is 2.18. The highest BCUT2D eigenvalue weighted by atomic mass is 16.6. The Labute approximate surface area is 91.8 Å². The number of aromatic nitrogens is 1. The zero-order valence-electron chi connectivity index (χ0n) is 8.42. The number of carbonyl (C=O) groups excluding carboxylic acids is 1.